The third-order valence-electron chi connectivity index (χ3n) is 4.00. The fourth-order valence-corrected chi connectivity index (χ4v) is 2.80. The van der Waals surface area contributed by atoms with E-state index in [1.807, 2.05) is 52.3 Å². The topological polar surface area (TPSA) is 85.0 Å². The van der Waals surface area contributed by atoms with Crippen LogP contribution >= 0.6 is 0 Å². The summed E-state index contributed by atoms with van der Waals surface area (Å²) < 4.78 is 7.07. The number of urea groups is 1. The van der Waals surface area contributed by atoms with E-state index in [2.05, 4.69) is 20.9 Å². The van der Waals surface area contributed by atoms with E-state index >= 15 is 0 Å². The van der Waals surface area contributed by atoms with Crippen molar-refractivity contribution < 1.29 is 9.32 Å². The minimum atomic E-state index is -0.178. The molecule has 2 aromatic heterocycles. The molecule has 7 heteroatoms. The van der Waals surface area contributed by atoms with E-state index in [1.54, 1.807) is 0 Å². The van der Waals surface area contributed by atoms with Gasteiger partial charge in [-0.2, -0.15) is 5.10 Å². The first-order chi connectivity index (χ1) is 11.3. The third-order valence-corrected chi connectivity index (χ3v) is 4.00. The van der Waals surface area contributed by atoms with Crippen LogP contribution in [0.25, 0.3) is 0 Å². The van der Waals surface area contributed by atoms with Gasteiger partial charge in [0.2, 0.25) is 0 Å². The standard InChI is InChI=1S/C17H27N5O2/c1-10(8-16-14(5)21-24-15(16)6)18-17(23)19-12(3)9-22-13(4)7-11(2)20-22/h7,10,12H,8-9H2,1-6H3,(H2,18,19,23). The summed E-state index contributed by atoms with van der Waals surface area (Å²) in [5.74, 6) is 0.805. The lowest BCUT2D eigenvalue weighted by atomic mass is 10.1. The Balaban J connectivity index is 1.82. The van der Waals surface area contributed by atoms with Crippen LogP contribution in [-0.2, 0) is 13.0 Å². The van der Waals surface area contributed by atoms with Crippen molar-refractivity contribution in [3.63, 3.8) is 0 Å². The molecule has 0 saturated heterocycles. The van der Waals surface area contributed by atoms with Gasteiger partial charge < -0.3 is 15.2 Å². The summed E-state index contributed by atoms with van der Waals surface area (Å²) in [5, 5.41) is 14.3. The Labute approximate surface area is 142 Å². The summed E-state index contributed by atoms with van der Waals surface area (Å²) in [4.78, 5) is 12.2. The molecule has 0 saturated carbocycles. The Hall–Kier alpha value is -2.31. The number of amides is 2. The largest absolute Gasteiger partial charge is 0.361 e. The molecule has 2 heterocycles. The molecule has 24 heavy (non-hydrogen) atoms. The first kappa shape index (κ1) is 18.0. The van der Waals surface area contributed by atoms with Gasteiger partial charge >= 0.3 is 6.03 Å². The monoisotopic (exact) mass is 333 g/mol. The van der Waals surface area contributed by atoms with Gasteiger partial charge in [-0.1, -0.05) is 5.16 Å². The van der Waals surface area contributed by atoms with Crippen molar-refractivity contribution in [3.05, 3.63) is 34.5 Å². The number of hydrogen-bond acceptors (Lipinski definition) is 4. The van der Waals surface area contributed by atoms with E-state index in [0.717, 1.165) is 28.4 Å². The van der Waals surface area contributed by atoms with Crippen LogP contribution < -0.4 is 10.6 Å². The van der Waals surface area contributed by atoms with E-state index in [9.17, 15) is 4.79 Å². The van der Waals surface area contributed by atoms with E-state index in [1.165, 1.54) is 0 Å². The van der Waals surface area contributed by atoms with Crippen LogP contribution in [0.4, 0.5) is 4.79 Å². The first-order valence-electron chi connectivity index (χ1n) is 8.26. The zero-order valence-corrected chi connectivity index (χ0v) is 15.3. The third kappa shape index (κ3) is 4.59. The lowest BCUT2D eigenvalue weighted by Crippen LogP contribution is -2.46. The van der Waals surface area contributed by atoms with Gasteiger partial charge in [-0.3, -0.25) is 4.68 Å². The quantitative estimate of drug-likeness (QED) is 0.850. The fourth-order valence-electron chi connectivity index (χ4n) is 2.80. The molecule has 0 aliphatic carbocycles. The minimum Gasteiger partial charge on any atom is -0.361 e. The molecule has 2 aromatic rings. The number of aromatic nitrogens is 3. The van der Waals surface area contributed by atoms with Crippen molar-refractivity contribution in [2.24, 2.45) is 0 Å². The Bertz CT molecular complexity index is 684. The van der Waals surface area contributed by atoms with Crippen LogP contribution in [0, 0.1) is 27.7 Å². The fraction of sp³-hybridized carbons (Fsp3) is 0.588. The van der Waals surface area contributed by atoms with Crippen molar-refractivity contribution in [2.75, 3.05) is 0 Å². The number of carbonyl (C=O) groups excluding carboxylic acids is 1. The van der Waals surface area contributed by atoms with Crippen LogP contribution in [0.15, 0.2) is 10.6 Å². The average molecular weight is 333 g/mol. The van der Waals surface area contributed by atoms with Gasteiger partial charge in [0.05, 0.1) is 17.9 Å². The maximum Gasteiger partial charge on any atom is 0.315 e. The molecule has 7 nitrogen and oxygen atoms in total. The van der Waals surface area contributed by atoms with Crippen molar-refractivity contribution in [1.82, 2.24) is 25.6 Å². The highest BCUT2D eigenvalue weighted by Gasteiger charge is 2.16. The number of nitrogens with zero attached hydrogens (tertiary/aromatic N) is 3. The van der Waals surface area contributed by atoms with Crippen LogP contribution in [0.2, 0.25) is 0 Å². The molecule has 2 N–H and O–H groups in total. The maximum atomic E-state index is 12.2. The molecule has 0 bridgehead atoms. The Morgan fingerprint density at radius 3 is 2.42 bits per heavy atom. The summed E-state index contributed by atoms with van der Waals surface area (Å²) in [7, 11) is 0. The second-order valence-electron chi connectivity index (χ2n) is 6.54. The molecule has 2 unspecified atom stereocenters. The Morgan fingerprint density at radius 1 is 1.21 bits per heavy atom. The minimum absolute atomic E-state index is 0.0114. The molecule has 0 aliphatic rings. The van der Waals surface area contributed by atoms with E-state index in [0.29, 0.717) is 13.0 Å². The maximum absolute atomic E-state index is 12.2. The number of rotatable bonds is 6. The van der Waals surface area contributed by atoms with E-state index in [-0.39, 0.29) is 18.1 Å². The molecular weight excluding hydrogens is 306 g/mol. The van der Waals surface area contributed by atoms with Crippen molar-refractivity contribution in [3.8, 4) is 0 Å². The number of hydrogen-bond donors (Lipinski definition) is 2. The Kier molecular flexibility index (Phi) is 5.64. The summed E-state index contributed by atoms with van der Waals surface area (Å²) >= 11 is 0. The predicted molar refractivity (Wildman–Crippen MR) is 92.0 cm³/mol. The van der Waals surface area contributed by atoms with Crippen LogP contribution in [0.3, 0.4) is 0 Å². The molecule has 2 amide bonds. The Morgan fingerprint density at radius 2 is 1.88 bits per heavy atom. The number of carbonyl (C=O) groups is 1. The highest BCUT2D eigenvalue weighted by Crippen LogP contribution is 2.14. The van der Waals surface area contributed by atoms with Gasteiger partial charge in [0.15, 0.2) is 0 Å². The molecule has 0 fully saturated rings. The molecule has 2 rings (SSSR count). The normalized spacial score (nSPS) is 13.6. The highest BCUT2D eigenvalue weighted by molar-refractivity contribution is 5.74. The zero-order chi connectivity index (χ0) is 17.9. The molecule has 132 valence electrons. The van der Waals surface area contributed by atoms with Gasteiger partial charge in [-0.15, -0.1) is 0 Å². The highest BCUT2D eigenvalue weighted by atomic mass is 16.5. The van der Waals surface area contributed by atoms with Gasteiger partial charge in [0.25, 0.3) is 0 Å². The van der Waals surface area contributed by atoms with Crippen molar-refractivity contribution in [2.45, 2.75) is 66.6 Å². The number of nitrogens with one attached hydrogen (secondary N) is 2. The van der Waals surface area contributed by atoms with E-state index in [4.69, 9.17) is 4.52 Å². The zero-order valence-electron chi connectivity index (χ0n) is 15.3. The predicted octanol–water partition coefficient (Wildman–Crippen LogP) is 2.42. The molecule has 0 spiro atoms. The molecule has 2 atom stereocenters. The van der Waals surface area contributed by atoms with Gasteiger partial charge in [0.1, 0.15) is 5.76 Å². The summed E-state index contributed by atoms with van der Waals surface area (Å²) in [6.07, 6.45) is 0.695. The molecular formula is C17H27N5O2. The van der Waals surface area contributed by atoms with Crippen LogP contribution in [0.5, 0.6) is 0 Å². The van der Waals surface area contributed by atoms with Crippen LogP contribution in [-0.4, -0.2) is 33.1 Å². The SMILES string of the molecule is Cc1cc(C)n(CC(C)NC(=O)NC(C)Cc2c(C)noc2C)n1. The van der Waals surface area contributed by atoms with Crippen molar-refractivity contribution in [1.29, 1.82) is 0 Å². The molecule has 0 radical (unpaired) electrons. The molecule has 0 aliphatic heterocycles. The van der Waals surface area contributed by atoms with E-state index < -0.39 is 0 Å². The number of aryl methyl sites for hydroxylation is 4. The van der Waals surface area contributed by atoms with Gasteiger partial charge in [-0.05, 0) is 54.0 Å². The van der Waals surface area contributed by atoms with Crippen molar-refractivity contribution >= 4 is 6.03 Å². The first-order valence-corrected chi connectivity index (χ1v) is 8.26. The summed E-state index contributed by atoms with van der Waals surface area (Å²) in [6, 6.07) is 1.82. The van der Waals surface area contributed by atoms with Crippen LogP contribution in [0.1, 0.15) is 42.3 Å². The molecule has 0 aromatic carbocycles. The lowest BCUT2D eigenvalue weighted by Gasteiger charge is -2.18. The lowest BCUT2D eigenvalue weighted by molar-refractivity contribution is 0.233. The smallest absolute Gasteiger partial charge is 0.315 e. The summed E-state index contributed by atoms with van der Waals surface area (Å²) in [6.45, 7) is 12.4. The second kappa shape index (κ2) is 7.51. The van der Waals surface area contributed by atoms with Gasteiger partial charge in [0, 0.05) is 23.3 Å². The summed E-state index contributed by atoms with van der Waals surface area (Å²) in [5.41, 5.74) is 4.00. The van der Waals surface area contributed by atoms with Gasteiger partial charge in [-0.25, -0.2) is 4.79 Å². The average Bonchev–Trinajstić information content (AvgIpc) is 2.94. The second-order valence-corrected chi connectivity index (χ2v) is 6.54.